The van der Waals surface area contributed by atoms with Gasteiger partial charge in [0.25, 0.3) is 0 Å². The lowest BCUT2D eigenvalue weighted by molar-refractivity contribution is -0.126. The Kier molecular flexibility index (Phi) is 4.88. The fourth-order valence-electron chi connectivity index (χ4n) is 3.05. The van der Waals surface area contributed by atoms with Crippen LogP contribution in [0.1, 0.15) is 43.2 Å². The molecule has 22 heavy (non-hydrogen) atoms. The van der Waals surface area contributed by atoms with Crippen molar-refractivity contribution in [2.75, 3.05) is 0 Å². The van der Waals surface area contributed by atoms with Crippen LogP contribution in [-0.2, 0) is 17.9 Å². The molecule has 2 aromatic rings. The Morgan fingerprint density at radius 1 is 1.14 bits per heavy atom. The number of hydrogen-bond acceptors (Lipinski definition) is 2. The lowest BCUT2D eigenvalue weighted by Gasteiger charge is -2.20. The standard InChI is InChI=1S/C18H23N3O/c22-18(17-4-2-1-3-5-17)20-12-15-6-8-16(9-7-15)13-21-11-10-19-14-21/h6-11,14,17H,1-5,12-13H2,(H,20,22). The van der Waals surface area contributed by atoms with E-state index in [0.29, 0.717) is 6.54 Å². The van der Waals surface area contributed by atoms with Crippen LogP contribution in [0.15, 0.2) is 43.0 Å². The van der Waals surface area contributed by atoms with E-state index in [4.69, 9.17) is 0 Å². The molecule has 1 aromatic carbocycles. The lowest BCUT2D eigenvalue weighted by atomic mass is 9.88. The Labute approximate surface area is 131 Å². The summed E-state index contributed by atoms with van der Waals surface area (Å²) < 4.78 is 2.04. The molecule has 0 spiro atoms. The van der Waals surface area contributed by atoms with Crippen molar-refractivity contribution in [3.63, 3.8) is 0 Å². The summed E-state index contributed by atoms with van der Waals surface area (Å²) in [6.45, 7) is 1.45. The second-order valence-electron chi connectivity index (χ2n) is 6.10. The van der Waals surface area contributed by atoms with Crippen LogP contribution in [0.4, 0.5) is 0 Å². The van der Waals surface area contributed by atoms with Crippen molar-refractivity contribution >= 4 is 5.91 Å². The maximum absolute atomic E-state index is 12.1. The summed E-state index contributed by atoms with van der Waals surface area (Å²) in [6.07, 6.45) is 11.3. The van der Waals surface area contributed by atoms with Gasteiger partial charge in [0, 0.05) is 31.4 Å². The van der Waals surface area contributed by atoms with Gasteiger partial charge in [-0.05, 0) is 24.0 Å². The van der Waals surface area contributed by atoms with E-state index in [1.165, 1.54) is 24.8 Å². The summed E-state index contributed by atoms with van der Waals surface area (Å²) in [5, 5.41) is 3.08. The first-order valence-electron chi connectivity index (χ1n) is 8.12. The predicted molar refractivity (Wildman–Crippen MR) is 86.2 cm³/mol. The number of benzene rings is 1. The third-order valence-corrected chi connectivity index (χ3v) is 4.39. The first-order chi connectivity index (χ1) is 10.8. The maximum Gasteiger partial charge on any atom is 0.223 e. The van der Waals surface area contributed by atoms with Gasteiger partial charge in [-0.15, -0.1) is 0 Å². The highest BCUT2D eigenvalue weighted by Crippen LogP contribution is 2.23. The van der Waals surface area contributed by atoms with E-state index in [9.17, 15) is 4.79 Å². The number of carbonyl (C=O) groups excluding carboxylic acids is 1. The van der Waals surface area contributed by atoms with E-state index in [2.05, 4.69) is 34.6 Å². The van der Waals surface area contributed by atoms with E-state index in [-0.39, 0.29) is 11.8 Å². The molecule has 0 radical (unpaired) electrons. The summed E-state index contributed by atoms with van der Waals surface area (Å²) in [6, 6.07) is 8.41. The number of nitrogens with zero attached hydrogens (tertiary/aromatic N) is 2. The van der Waals surface area contributed by atoms with Gasteiger partial charge in [0.15, 0.2) is 0 Å². The van der Waals surface area contributed by atoms with E-state index in [0.717, 1.165) is 24.9 Å². The fourth-order valence-corrected chi connectivity index (χ4v) is 3.05. The van der Waals surface area contributed by atoms with Crippen LogP contribution < -0.4 is 5.32 Å². The largest absolute Gasteiger partial charge is 0.352 e. The number of amides is 1. The molecule has 1 saturated carbocycles. The van der Waals surface area contributed by atoms with Crippen LogP contribution in [0, 0.1) is 5.92 Å². The van der Waals surface area contributed by atoms with Crippen molar-refractivity contribution in [3.05, 3.63) is 54.1 Å². The smallest absolute Gasteiger partial charge is 0.223 e. The van der Waals surface area contributed by atoms with Crippen molar-refractivity contribution in [2.24, 2.45) is 5.92 Å². The first-order valence-corrected chi connectivity index (χ1v) is 8.12. The molecular weight excluding hydrogens is 274 g/mol. The Morgan fingerprint density at radius 3 is 2.55 bits per heavy atom. The van der Waals surface area contributed by atoms with Gasteiger partial charge >= 0.3 is 0 Å². The summed E-state index contributed by atoms with van der Waals surface area (Å²) in [5.74, 6) is 0.455. The molecule has 0 saturated heterocycles. The van der Waals surface area contributed by atoms with Gasteiger partial charge in [0.1, 0.15) is 0 Å². The van der Waals surface area contributed by atoms with Gasteiger partial charge in [0.2, 0.25) is 5.91 Å². The highest BCUT2D eigenvalue weighted by molar-refractivity contribution is 5.78. The van der Waals surface area contributed by atoms with E-state index < -0.39 is 0 Å². The third-order valence-electron chi connectivity index (χ3n) is 4.39. The number of carbonyl (C=O) groups is 1. The highest BCUT2D eigenvalue weighted by Gasteiger charge is 2.20. The number of rotatable bonds is 5. The molecule has 3 rings (SSSR count). The Balaban J connectivity index is 1.49. The molecular formula is C18H23N3O. The molecule has 1 amide bonds. The molecule has 0 atom stereocenters. The summed E-state index contributed by atoms with van der Waals surface area (Å²) in [5.41, 5.74) is 2.39. The normalized spacial score (nSPS) is 15.6. The number of imidazole rings is 1. The van der Waals surface area contributed by atoms with E-state index in [1.807, 2.05) is 17.1 Å². The zero-order valence-electron chi connectivity index (χ0n) is 12.9. The van der Waals surface area contributed by atoms with Gasteiger partial charge in [-0.25, -0.2) is 4.98 Å². The SMILES string of the molecule is O=C(NCc1ccc(Cn2ccnc2)cc1)C1CCCCC1. The fraction of sp³-hybridized carbons (Fsp3) is 0.444. The molecule has 116 valence electrons. The molecule has 1 aromatic heterocycles. The summed E-state index contributed by atoms with van der Waals surface area (Å²) >= 11 is 0. The van der Waals surface area contributed by atoms with Crippen molar-refractivity contribution in [2.45, 2.75) is 45.2 Å². The number of hydrogen-bond donors (Lipinski definition) is 1. The monoisotopic (exact) mass is 297 g/mol. The number of aromatic nitrogens is 2. The Bertz CT molecular complexity index is 583. The molecule has 4 heteroatoms. The second kappa shape index (κ2) is 7.25. The van der Waals surface area contributed by atoms with Crippen LogP contribution in [0.3, 0.4) is 0 Å². The average Bonchev–Trinajstić information content (AvgIpc) is 3.08. The van der Waals surface area contributed by atoms with Crippen LogP contribution in [0.25, 0.3) is 0 Å². The molecule has 1 aliphatic rings. The molecule has 0 aliphatic heterocycles. The molecule has 1 N–H and O–H groups in total. The zero-order chi connectivity index (χ0) is 15.2. The lowest BCUT2D eigenvalue weighted by Crippen LogP contribution is -2.31. The van der Waals surface area contributed by atoms with Crippen molar-refractivity contribution in [1.82, 2.24) is 14.9 Å². The van der Waals surface area contributed by atoms with Crippen LogP contribution in [0.5, 0.6) is 0 Å². The second-order valence-corrected chi connectivity index (χ2v) is 6.10. The topological polar surface area (TPSA) is 46.9 Å². The van der Waals surface area contributed by atoms with Crippen molar-refractivity contribution < 1.29 is 4.79 Å². The molecule has 1 heterocycles. The van der Waals surface area contributed by atoms with Gasteiger partial charge in [0.05, 0.1) is 6.33 Å². The van der Waals surface area contributed by atoms with Gasteiger partial charge in [-0.3, -0.25) is 4.79 Å². The Hall–Kier alpha value is -2.10. The minimum absolute atomic E-state index is 0.224. The zero-order valence-corrected chi connectivity index (χ0v) is 12.9. The van der Waals surface area contributed by atoms with Crippen LogP contribution >= 0.6 is 0 Å². The highest BCUT2D eigenvalue weighted by atomic mass is 16.1. The maximum atomic E-state index is 12.1. The van der Waals surface area contributed by atoms with Crippen LogP contribution in [0.2, 0.25) is 0 Å². The summed E-state index contributed by atoms with van der Waals surface area (Å²) in [7, 11) is 0. The third kappa shape index (κ3) is 3.97. The molecule has 1 fully saturated rings. The molecule has 0 bridgehead atoms. The first kappa shape index (κ1) is 14.8. The van der Waals surface area contributed by atoms with Gasteiger partial charge < -0.3 is 9.88 Å². The predicted octanol–water partition coefficient (Wildman–Crippen LogP) is 3.13. The van der Waals surface area contributed by atoms with Gasteiger partial charge in [-0.2, -0.15) is 0 Å². The Morgan fingerprint density at radius 2 is 1.86 bits per heavy atom. The van der Waals surface area contributed by atoms with E-state index >= 15 is 0 Å². The van der Waals surface area contributed by atoms with Crippen molar-refractivity contribution in [1.29, 1.82) is 0 Å². The summed E-state index contributed by atoms with van der Waals surface area (Å²) in [4.78, 5) is 16.2. The molecule has 4 nitrogen and oxygen atoms in total. The van der Waals surface area contributed by atoms with Gasteiger partial charge in [-0.1, -0.05) is 43.5 Å². The minimum atomic E-state index is 0.224. The van der Waals surface area contributed by atoms with Crippen LogP contribution in [-0.4, -0.2) is 15.5 Å². The average molecular weight is 297 g/mol. The molecule has 0 unspecified atom stereocenters. The number of nitrogens with one attached hydrogen (secondary N) is 1. The van der Waals surface area contributed by atoms with Crippen molar-refractivity contribution in [3.8, 4) is 0 Å². The molecule has 1 aliphatic carbocycles. The van der Waals surface area contributed by atoms with E-state index in [1.54, 1.807) is 6.20 Å². The minimum Gasteiger partial charge on any atom is -0.352 e. The quantitative estimate of drug-likeness (QED) is 0.921.